The summed E-state index contributed by atoms with van der Waals surface area (Å²) in [6.45, 7) is 33.8. The number of benzene rings is 11. The second-order valence-electron chi connectivity index (χ2n) is 30.5. The van der Waals surface area contributed by atoms with Gasteiger partial charge in [0.25, 0.3) is 0 Å². The minimum absolute atomic E-state index is 0.0170. The molecule has 94 heavy (non-hydrogen) atoms. The summed E-state index contributed by atoms with van der Waals surface area (Å²) in [5.41, 5.74) is 21.1. The van der Waals surface area contributed by atoms with Crippen LogP contribution < -0.4 is 0 Å². The molecule has 466 valence electrons. The van der Waals surface area contributed by atoms with Gasteiger partial charge in [-0.1, -0.05) is 334 Å². The highest BCUT2D eigenvalue weighted by Crippen LogP contribution is 2.49. The summed E-state index contributed by atoms with van der Waals surface area (Å²) in [6.07, 6.45) is 0. The maximum Gasteiger partial charge on any atom is 0.164 e. The fourth-order valence-electron chi connectivity index (χ4n) is 12.7. The third kappa shape index (κ3) is 12.7. The number of fused-ring (bicyclic) bond motifs is 2. The van der Waals surface area contributed by atoms with Gasteiger partial charge in [0.2, 0.25) is 0 Å². The summed E-state index contributed by atoms with van der Waals surface area (Å²) in [5.74, 6) is 3.82. The fraction of sp³-hybridized carbons (Fsp3) is 0.227. The summed E-state index contributed by atoms with van der Waals surface area (Å²) < 4.78 is 0. The van der Waals surface area contributed by atoms with E-state index < -0.39 is 0 Å². The van der Waals surface area contributed by atoms with Gasteiger partial charge in [0, 0.05) is 33.4 Å². The van der Waals surface area contributed by atoms with Crippen LogP contribution in [0.2, 0.25) is 0 Å². The van der Waals surface area contributed by atoms with E-state index in [0.717, 1.165) is 66.8 Å². The quantitative estimate of drug-likeness (QED) is 0.127. The highest BCUT2D eigenvalue weighted by Gasteiger charge is 2.26. The first kappa shape index (κ1) is 62.8. The van der Waals surface area contributed by atoms with Crippen molar-refractivity contribution >= 4 is 21.5 Å². The van der Waals surface area contributed by atoms with Crippen LogP contribution in [0, 0.1) is 0 Å². The molecule has 0 saturated heterocycles. The van der Waals surface area contributed by atoms with Crippen LogP contribution in [0.1, 0.15) is 132 Å². The van der Waals surface area contributed by atoms with Crippen LogP contribution in [-0.2, 0) is 27.1 Å². The first-order valence-corrected chi connectivity index (χ1v) is 33.1. The molecule has 0 aliphatic rings. The molecule has 2 heterocycles. The van der Waals surface area contributed by atoms with Crippen molar-refractivity contribution in [3.63, 3.8) is 0 Å². The van der Waals surface area contributed by atoms with Gasteiger partial charge in [-0.3, -0.25) is 0 Å². The molecule has 13 aromatic rings. The molecule has 0 amide bonds. The molecule has 0 atom stereocenters. The zero-order valence-corrected chi connectivity index (χ0v) is 57.2. The van der Waals surface area contributed by atoms with E-state index in [1.807, 2.05) is 0 Å². The molecule has 0 saturated carbocycles. The molecule has 2 aromatic heterocycles. The molecular weight excluding hydrogens is 1140 g/mol. The van der Waals surface area contributed by atoms with Gasteiger partial charge in [0.1, 0.15) is 0 Å². The van der Waals surface area contributed by atoms with Gasteiger partial charge >= 0.3 is 0 Å². The van der Waals surface area contributed by atoms with Gasteiger partial charge < -0.3 is 0 Å². The number of nitrogens with zero attached hydrogens (tertiary/aromatic N) is 6. The summed E-state index contributed by atoms with van der Waals surface area (Å²) >= 11 is 0. The average Bonchev–Trinajstić information content (AvgIpc) is 0.726. The molecule has 0 fully saturated rings. The maximum absolute atomic E-state index is 5.20. The van der Waals surface area contributed by atoms with E-state index in [1.54, 1.807) is 0 Å². The lowest BCUT2D eigenvalue weighted by atomic mass is 9.79. The van der Waals surface area contributed by atoms with E-state index in [0.29, 0.717) is 34.9 Å². The lowest BCUT2D eigenvalue weighted by Crippen LogP contribution is -2.11. The van der Waals surface area contributed by atoms with Crippen LogP contribution in [0.15, 0.2) is 237 Å². The Morgan fingerprint density at radius 3 is 0.649 bits per heavy atom. The fourth-order valence-corrected chi connectivity index (χ4v) is 12.7. The van der Waals surface area contributed by atoms with Gasteiger partial charge in [-0.05, 0) is 127 Å². The van der Waals surface area contributed by atoms with Gasteiger partial charge in [-0.25, -0.2) is 29.9 Å². The van der Waals surface area contributed by atoms with Crippen molar-refractivity contribution in [2.75, 3.05) is 0 Å². The Morgan fingerprint density at radius 2 is 0.383 bits per heavy atom. The van der Waals surface area contributed by atoms with Crippen LogP contribution in [-0.4, -0.2) is 29.9 Å². The van der Waals surface area contributed by atoms with Crippen molar-refractivity contribution in [2.45, 2.75) is 131 Å². The van der Waals surface area contributed by atoms with Crippen molar-refractivity contribution in [1.82, 2.24) is 29.9 Å². The minimum atomic E-state index is -0.111. The first-order chi connectivity index (χ1) is 44.7. The summed E-state index contributed by atoms with van der Waals surface area (Å²) in [4.78, 5) is 31.0. The molecule has 6 nitrogen and oxygen atoms in total. The van der Waals surface area contributed by atoms with E-state index in [4.69, 9.17) is 29.9 Å². The second kappa shape index (κ2) is 24.1. The highest BCUT2D eigenvalue weighted by atomic mass is 15.0. The van der Waals surface area contributed by atoms with E-state index >= 15 is 0 Å². The minimum Gasteiger partial charge on any atom is -0.208 e. The number of hydrogen-bond donors (Lipinski definition) is 0. The van der Waals surface area contributed by atoms with Crippen LogP contribution in [0.5, 0.6) is 0 Å². The molecule has 6 heteroatoms. The van der Waals surface area contributed by atoms with E-state index in [9.17, 15) is 0 Å². The van der Waals surface area contributed by atoms with Gasteiger partial charge in [-0.2, -0.15) is 0 Å². The Hall–Kier alpha value is -10.0. The van der Waals surface area contributed by atoms with Crippen molar-refractivity contribution < 1.29 is 0 Å². The molecule has 0 unspecified atom stereocenters. The molecule has 0 N–H and O–H groups in total. The van der Waals surface area contributed by atoms with Crippen LogP contribution >= 0.6 is 0 Å². The molecule has 0 aliphatic carbocycles. The summed E-state index contributed by atoms with van der Waals surface area (Å²) in [6, 6.07) is 86.1. The molecule has 0 bridgehead atoms. The summed E-state index contributed by atoms with van der Waals surface area (Å²) in [7, 11) is 0. The molecular formula is C88H84N6. The van der Waals surface area contributed by atoms with Gasteiger partial charge in [0.05, 0.1) is 0 Å². The normalized spacial score (nSPS) is 12.4. The third-order valence-electron chi connectivity index (χ3n) is 18.5. The number of aromatic nitrogens is 6. The molecule has 0 spiro atoms. The van der Waals surface area contributed by atoms with Crippen LogP contribution in [0.3, 0.4) is 0 Å². The predicted molar refractivity (Wildman–Crippen MR) is 396 cm³/mol. The van der Waals surface area contributed by atoms with Crippen molar-refractivity contribution in [3.8, 4) is 113 Å². The summed E-state index contributed by atoms with van der Waals surface area (Å²) in [5, 5.41) is 4.76. The monoisotopic (exact) mass is 1220 g/mol. The molecule has 0 radical (unpaired) electrons. The van der Waals surface area contributed by atoms with Gasteiger partial charge in [-0.15, -0.1) is 0 Å². The zero-order valence-electron chi connectivity index (χ0n) is 57.2. The first-order valence-electron chi connectivity index (χ1n) is 33.1. The van der Waals surface area contributed by atoms with E-state index in [-0.39, 0.29) is 27.1 Å². The van der Waals surface area contributed by atoms with Crippen molar-refractivity contribution in [3.05, 3.63) is 264 Å². The van der Waals surface area contributed by atoms with E-state index in [2.05, 4.69) is 340 Å². The lowest BCUT2D eigenvalue weighted by Gasteiger charge is -2.24. The van der Waals surface area contributed by atoms with Crippen molar-refractivity contribution in [1.29, 1.82) is 0 Å². The Morgan fingerprint density at radius 1 is 0.181 bits per heavy atom. The number of hydrogen-bond acceptors (Lipinski definition) is 6. The van der Waals surface area contributed by atoms with Crippen LogP contribution in [0.4, 0.5) is 0 Å². The zero-order chi connectivity index (χ0) is 66.1. The highest BCUT2D eigenvalue weighted by molar-refractivity contribution is 6.23. The third-order valence-corrected chi connectivity index (χ3v) is 18.5. The van der Waals surface area contributed by atoms with Gasteiger partial charge in [0.15, 0.2) is 34.9 Å². The molecule has 11 aromatic carbocycles. The number of rotatable bonds is 10. The average molecular weight is 1230 g/mol. The van der Waals surface area contributed by atoms with E-state index in [1.165, 1.54) is 60.5 Å². The standard InChI is InChI=1S/C88H84N6/c1-84(2,3)63-44-36-59(37-45-63)80-89-78(90-81(93-80)60-38-46-64(47-39-60)85(4,5)6)57-32-28-55(29-33-57)68-22-16-18-24-70(68)76-72-26-20-21-27-73(72)77(75-54-67(88(13,14)15)52-53-74(75)76)71-25-19-17-23-69(71)56-30-34-58(35-31-56)79-91-82(61-40-48-65(49-41-61)86(7,8)9)94-83(92-79)62-42-50-66(51-43-62)87(10,11)12/h16-54H,1-15H3. The SMILES string of the molecule is CC(C)(C)c1ccc(-c2nc(-c3ccc(-c4ccccc4-c4c5ccccc5c(-c5ccccc5-c5ccc(-c6nc(-c7ccc(C(C)(C)C)cc7)nc(-c7ccc(C(C)(C)C)cc7)n6)cc5)c5cc(C(C)(C)C)ccc45)cc3)nc(-c3ccc(C(C)(C)C)cc3)n2)cc1. The Labute approximate surface area is 556 Å². The maximum atomic E-state index is 5.20. The topological polar surface area (TPSA) is 77.3 Å². The second-order valence-corrected chi connectivity index (χ2v) is 30.5. The Kier molecular flexibility index (Phi) is 16.1. The smallest absolute Gasteiger partial charge is 0.164 e. The molecule has 0 aliphatic heterocycles. The Bertz CT molecular complexity index is 4800. The Balaban J connectivity index is 0.906. The van der Waals surface area contributed by atoms with Crippen molar-refractivity contribution in [2.24, 2.45) is 0 Å². The largest absolute Gasteiger partial charge is 0.208 e. The lowest BCUT2D eigenvalue weighted by molar-refractivity contribution is 0.590. The predicted octanol–water partition coefficient (Wildman–Crippen LogP) is 23.5. The van der Waals surface area contributed by atoms with Crippen LogP contribution in [0.25, 0.3) is 134 Å². The molecule has 13 rings (SSSR count).